The SMILES string of the molecule is O=C(O)CC[C@H]1CCCN(C(=O)[C@@H]2CC23CCOCC3)C1. The second kappa shape index (κ2) is 5.95. The number of hydrogen-bond acceptors (Lipinski definition) is 3. The van der Waals surface area contributed by atoms with Crippen molar-refractivity contribution in [1.29, 1.82) is 0 Å². The Morgan fingerprint density at radius 2 is 2.05 bits per heavy atom. The molecule has 0 bridgehead atoms. The average molecular weight is 295 g/mol. The van der Waals surface area contributed by atoms with Gasteiger partial charge in [0.25, 0.3) is 0 Å². The van der Waals surface area contributed by atoms with Crippen LogP contribution in [0.2, 0.25) is 0 Å². The molecule has 2 aliphatic heterocycles. The predicted molar refractivity (Wildman–Crippen MR) is 76.8 cm³/mol. The van der Waals surface area contributed by atoms with Crippen molar-refractivity contribution in [1.82, 2.24) is 4.90 Å². The third-order valence-corrected chi connectivity index (χ3v) is 5.57. The van der Waals surface area contributed by atoms with E-state index in [2.05, 4.69) is 0 Å². The van der Waals surface area contributed by atoms with Crippen LogP contribution in [0.1, 0.15) is 44.9 Å². The number of carbonyl (C=O) groups excluding carboxylic acids is 1. The molecule has 1 N–H and O–H groups in total. The van der Waals surface area contributed by atoms with Crippen LogP contribution in [-0.4, -0.2) is 48.2 Å². The number of piperidine rings is 1. The van der Waals surface area contributed by atoms with Crippen molar-refractivity contribution in [2.45, 2.75) is 44.9 Å². The van der Waals surface area contributed by atoms with Gasteiger partial charge in [0.05, 0.1) is 0 Å². The van der Waals surface area contributed by atoms with Gasteiger partial charge in [0.1, 0.15) is 0 Å². The van der Waals surface area contributed by atoms with E-state index in [9.17, 15) is 9.59 Å². The Hall–Kier alpha value is -1.10. The summed E-state index contributed by atoms with van der Waals surface area (Å²) in [6.07, 6.45) is 6.07. The quantitative estimate of drug-likeness (QED) is 0.860. The molecular formula is C16H25NO4. The second-order valence-electron chi connectivity index (χ2n) is 6.96. The van der Waals surface area contributed by atoms with Crippen molar-refractivity contribution < 1.29 is 19.4 Å². The molecule has 118 valence electrons. The molecule has 0 aromatic carbocycles. The highest BCUT2D eigenvalue weighted by Crippen LogP contribution is 2.59. The Kier molecular flexibility index (Phi) is 4.20. The van der Waals surface area contributed by atoms with Gasteiger partial charge in [-0.2, -0.15) is 0 Å². The maximum Gasteiger partial charge on any atom is 0.303 e. The van der Waals surface area contributed by atoms with Gasteiger partial charge in [0.15, 0.2) is 0 Å². The standard InChI is InChI=1S/C16H25NO4/c18-14(19)4-3-12-2-1-7-17(11-12)15(20)13-10-16(13)5-8-21-9-6-16/h12-13H,1-11H2,(H,18,19)/t12-,13+/m1/s1. The number of amides is 1. The molecule has 3 rings (SSSR count). The largest absolute Gasteiger partial charge is 0.481 e. The maximum absolute atomic E-state index is 12.7. The van der Waals surface area contributed by atoms with Gasteiger partial charge < -0.3 is 14.7 Å². The summed E-state index contributed by atoms with van der Waals surface area (Å²) in [6.45, 7) is 3.21. The summed E-state index contributed by atoms with van der Waals surface area (Å²) in [5, 5.41) is 8.79. The fourth-order valence-corrected chi connectivity index (χ4v) is 4.08. The number of rotatable bonds is 4. The van der Waals surface area contributed by atoms with Crippen LogP contribution in [0.15, 0.2) is 0 Å². The lowest BCUT2D eigenvalue weighted by atomic mass is 9.91. The summed E-state index contributed by atoms with van der Waals surface area (Å²) < 4.78 is 5.41. The zero-order chi connectivity index (χ0) is 14.9. The molecule has 1 amide bonds. The van der Waals surface area contributed by atoms with Gasteiger partial charge in [-0.3, -0.25) is 9.59 Å². The van der Waals surface area contributed by atoms with Crippen LogP contribution in [-0.2, 0) is 14.3 Å². The highest BCUT2D eigenvalue weighted by Gasteiger charge is 2.59. The molecule has 0 radical (unpaired) electrons. The van der Waals surface area contributed by atoms with Crippen molar-refractivity contribution in [3.63, 3.8) is 0 Å². The highest BCUT2D eigenvalue weighted by atomic mass is 16.5. The van der Waals surface area contributed by atoms with Crippen molar-refractivity contribution in [3.8, 4) is 0 Å². The molecular weight excluding hydrogens is 270 g/mol. The molecule has 0 aromatic heterocycles. The molecule has 2 atom stereocenters. The van der Waals surface area contributed by atoms with Crippen LogP contribution >= 0.6 is 0 Å². The van der Waals surface area contributed by atoms with E-state index in [4.69, 9.17) is 9.84 Å². The lowest BCUT2D eigenvalue weighted by Gasteiger charge is -2.34. The zero-order valence-corrected chi connectivity index (χ0v) is 12.6. The van der Waals surface area contributed by atoms with Gasteiger partial charge in [-0.1, -0.05) is 0 Å². The Balaban J connectivity index is 1.52. The first-order chi connectivity index (χ1) is 10.1. The minimum Gasteiger partial charge on any atom is -0.481 e. The van der Waals surface area contributed by atoms with Gasteiger partial charge in [-0.15, -0.1) is 0 Å². The molecule has 1 saturated carbocycles. The number of carboxylic acids is 1. The molecule has 21 heavy (non-hydrogen) atoms. The summed E-state index contributed by atoms with van der Waals surface area (Å²) in [7, 11) is 0. The zero-order valence-electron chi connectivity index (χ0n) is 12.6. The molecule has 3 aliphatic rings. The Bertz CT molecular complexity index is 417. The first-order valence-electron chi connectivity index (χ1n) is 8.19. The lowest BCUT2D eigenvalue weighted by Crippen LogP contribution is -2.42. The molecule has 5 nitrogen and oxygen atoms in total. The van der Waals surface area contributed by atoms with Gasteiger partial charge in [0.2, 0.25) is 5.91 Å². The van der Waals surface area contributed by atoms with Crippen LogP contribution in [0, 0.1) is 17.3 Å². The molecule has 2 heterocycles. The van der Waals surface area contributed by atoms with Crippen LogP contribution in [0.4, 0.5) is 0 Å². The van der Waals surface area contributed by atoms with Crippen molar-refractivity contribution in [3.05, 3.63) is 0 Å². The number of aliphatic carboxylic acids is 1. The molecule has 1 aliphatic carbocycles. The molecule has 5 heteroatoms. The lowest BCUT2D eigenvalue weighted by molar-refractivity contribution is -0.137. The van der Waals surface area contributed by atoms with E-state index in [-0.39, 0.29) is 17.8 Å². The topological polar surface area (TPSA) is 66.8 Å². The van der Waals surface area contributed by atoms with Crippen molar-refractivity contribution in [2.24, 2.45) is 17.3 Å². The normalized spacial score (nSPS) is 31.1. The number of hydrogen-bond donors (Lipinski definition) is 1. The first-order valence-corrected chi connectivity index (χ1v) is 8.19. The van der Waals surface area contributed by atoms with Gasteiger partial charge in [0, 0.05) is 38.6 Å². The highest BCUT2D eigenvalue weighted by molar-refractivity contribution is 5.82. The smallest absolute Gasteiger partial charge is 0.303 e. The van der Waals surface area contributed by atoms with Crippen LogP contribution in [0.3, 0.4) is 0 Å². The monoisotopic (exact) mass is 295 g/mol. The first kappa shape index (κ1) is 14.8. The summed E-state index contributed by atoms with van der Waals surface area (Å²) in [4.78, 5) is 25.4. The summed E-state index contributed by atoms with van der Waals surface area (Å²) in [5.41, 5.74) is 0.239. The summed E-state index contributed by atoms with van der Waals surface area (Å²) in [6, 6.07) is 0. The molecule has 2 saturated heterocycles. The predicted octanol–water partition coefficient (Wildman–Crippen LogP) is 1.91. The van der Waals surface area contributed by atoms with E-state index >= 15 is 0 Å². The van der Waals surface area contributed by atoms with E-state index in [0.717, 1.165) is 58.4 Å². The number of carboxylic acid groups (broad SMARTS) is 1. The van der Waals surface area contributed by atoms with E-state index in [1.165, 1.54) is 0 Å². The summed E-state index contributed by atoms with van der Waals surface area (Å²) in [5.74, 6) is 0.154. The van der Waals surface area contributed by atoms with Crippen LogP contribution in [0.25, 0.3) is 0 Å². The number of likely N-dealkylation sites (tertiary alicyclic amines) is 1. The minimum absolute atomic E-state index is 0.208. The van der Waals surface area contributed by atoms with Crippen LogP contribution < -0.4 is 0 Å². The third-order valence-electron chi connectivity index (χ3n) is 5.57. The van der Waals surface area contributed by atoms with E-state index in [0.29, 0.717) is 18.2 Å². The summed E-state index contributed by atoms with van der Waals surface area (Å²) >= 11 is 0. The second-order valence-corrected chi connectivity index (χ2v) is 6.96. The molecule has 0 unspecified atom stereocenters. The van der Waals surface area contributed by atoms with E-state index in [1.54, 1.807) is 0 Å². The minimum atomic E-state index is -0.734. The number of nitrogens with zero attached hydrogens (tertiary/aromatic N) is 1. The van der Waals surface area contributed by atoms with Crippen molar-refractivity contribution in [2.75, 3.05) is 26.3 Å². The van der Waals surface area contributed by atoms with Gasteiger partial charge >= 0.3 is 5.97 Å². The fourth-order valence-electron chi connectivity index (χ4n) is 4.08. The van der Waals surface area contributed by atoms with Gasteiger partial charge in [-0.25, -0.2) is 0 Å². The maximum atomic E-state index is 12.7. The Labute approximate surface area is 125 Å². The van der Waals surface area contributed by atoms with E-state index in [1.807, 2.05) is 4.90 Å². The Morgan fingerprint density at radius 3 is 2.76 bits per heavy atom. The molecule has 3 fully saturated rings. The van der Waals surface area contributed by atoms with Gasteiger partial charge in [-0.05, 0) is 49.9 Å². The van der Waals surface area contributed by atoms with Crippen molar-refractivity contribution >= 4 is 11.9 Å². The Morgan fingerprint density at radius 1 is 1.29 bits per heavy atom. The molecule has 1 spiro atoms. The molecule has 0 aromatic rings. The average Bonchev–Trinajstić information content (AvgIpc) is 3.18. The fraction of sp³-hybridized carbons (Fsp3) is 0.875. The van der Waals surface area contributed by atoms with E-state index < -0.39 is 5.97 Å². The number of carbonyl (C=O) groups is 2. The van der Waals surface area contributed by atoms with Crippen LogP contribution in [0.5, 0.6) is 0 Å². The number of ether oxygens (including phenoxy) is 1. The third kappa shape index (κ3) is 3.23.